The van der Waals surface area contributed by atoms with Crippen LogP contribution in [-0.2, 0) is 17.1 Å². The van der Waals surface area contributed by atoms with E-state index in [9.17, 15) is 31.1 Å². The SMILES string of the molecule is O=C(C=CN1CCOCC1)c1ccc(Sc2cccc(OC3CCSCC3)c2)c(C(F)(F)F)c1C(F)(F)F. The van der Waals surface area contributed by atoms with Crippen molar-refractivity contribution in [3.8, 4) is 5.75 Å². The van der Waals surface area contributed by atoms with E-state index >= 15 is 0 Å². The molecule has 2 fully saturated rings. The van der Waals surface area contributed by atoms with Gasteiger partial charge < -0.3 is 14.4 Å². The molecule has 0 bridgehead atoms. The molecule has 0 aliphatic carbocycles. The highest BCUT2D eigenvalue weighted by Gasteiger charge is 2.47. The van der Waals surface area contributed by atoms with Crippen LogP contribution in [0.1, 0.15) is 34.3 Å². The number of ketones is 1. The lowest BCUT2D eigenvalue weighted by atomic mass is 9.96. The van der Waals surface area contributed by atoms with Crippen molar-refractivity contribution in [1.29, 1.82) is 0 Å². The Morgan fingerprint density at radius 2 is 1.68 bits per heavy atom. The fraction of sp³-hybridized carbons (Fsp3) is 0.423. The van der Waals surface area contributed by atoms with Crippen LogP contribution >= 0.6 is 23.5 Å². The van der Waals surface area contributed by atoms with Crippen molar-refractivity contribution >= 4 is 29.3 Å². The van der Waals surface area contributed by atoms with Gasteiger partial charge in [0.15, 0.2) is 5.78 Å². The Morgan fingerprint density at radius 3 is 2.34 bits per heavy atom. The lowest BCUT2D eigenvalue weighted by Gasteiger charge is -2.25. The number of carbonyl (C=O) groups is 1. The van der Waals surface area contributed by atoms with Crippen molar-refractivity contribution < 1.29 is 40.6 Å². The minimum absolute atomic E-state index is 0.0186. The standard InChI is InChI=1S/C26H25F6NO3S2/c27-25(28,29)23-20(21(34)6-9-33-10-12-35-13-11-33)4-5-22(24(23)26(30,31)32)38-19-3-1-2-18(16-19)36-17-7-14-37-15-8-17/h1-6,9,16-17H,7-8,10-15H2. The third kappa shape index (κ3) is 7.41. The molecule has 0 N–H and O–H groups in total. The van der Waals surface area contributed by atoms with E-state index in [0.717, 1.165) is 42.6 Å². The lowest BCUT2D eigenvalue weighted by Crippen LogP contribution is -2.32. The number of nitrogens with zero attached hydrogens (tertiary/aromatic N) is 1. The van der Waals surface area contributed by atoms with Gasteiger partial charge in [-0.15, -0.1) is 0 Å². The number of allylic oxidation sites excluding steroid dienone is 1. The topological polar surface area (TPSA) is 38.8 Å². The molecule has 2 saturated heterocycles. The van der Waals surface area contributed by atoms with Crippen molar-refractivity contribution in [2.45, 2.75) is 41.1 Å². The van der Waals surface area contributed by atoms with Gasteiger partial charge >= 0.3 is 12.4 Å². The zero-order chi connectivity index (χ0) is 27.3. The van der Waals surface area contributed by atoms with Gasteiger partial charge in [-0.1, -0.05) is 17.8 Å². The number of morpholine rings is 1. The summed E-state index contributed by atoms with van der Waals surface area (Å²) in [7, 11) is 0. The first-order valence-corrected chi connectivity index (χ1v) is 13.9. The van der Waals surface area contributed by atoms with E-state index in [1.807, 2.05) is 11.8 Å². The summed E-state index contributed by atoms with van der Waals surface area (Å²) in [6.45, 7) is 1.59. The summed E-state index contributed by atoms with van der Waals surface area (Å²) < 4.78 is 95.9. The first-order chi connectivity index (χ1) is 18.0. The van der Waals surface area contributed by atoms with Crippen molar-refractivity contribution in [2.75, 3.05) is 37.8 Å². The van der Waals surface area contributed by atoms with Gasteiger partial charge in [0.25, 0.3) is 0 Å². The van der Waals surface area contributed by atoms with Crippen LogP contribution < -0.4 is 4.74 Å². The molecule has 2 aliphatic heterocycles. The highest BCUT2D eigenvalue weighted by molar-refractivity contribution is 7.99. The van der Waals surface area contributed by atoms with E-state index in [-0.39, 0.29) is 11.0 Å². The van der Waals surface area contributed by atoms with Crippen LogP contribution in [0.4, 0.5) is 26.3 Å². The molecule has 2 aliphatic rings. The van der Waals surface area contributed by atoms with Crippen molar-refractivity contribution in [3.05, 3.63) is 65.4 Å². The Hall–Kier alpha value is -2.31. The first kappa shape index (κ1) is 28.7. The smallest absolute Gasteiger partial charge is 0.418 e. The number of benzene rings is 2. The Labute approximate surface area is 224 Å². The molecular formula is C26H25F6NO3S2. The maximum atomic E-state index is 14.2. The molecule has 4 rings (SSSR count). The number of hydrogen-bond donors (Lipinski definition) is 0. The average molecular weight is 578 g/mol. The fourth-order valence-corrected chi connectivity index (χ4v) is 6.26. The van der Waals surface area contributed by atoms with E-state index in [0.29, 0.717) is 43.8 Å². The molecule has 0 unspecified atom stereocenters. The largest absolute Gasteiger partial charge is 0.490 e. The van der Waals surface area contributed by atoms with E-state index in [4.69, 9.17) is 9.47 Å². The fourth-order valence-electron chi connectivity index (χ4n) is 4.16. The molecule has 0 aromatic heterocycles. The number of hydrogen-bond acceptors (Lipinski definition) is 6. The Morgan fingerprint density at radius 1 is 1.00 bits per heavy atom. The number of carbonyl (C=O) groups excluding carboxylic acids is 1. The van der Waals surface area contributed by atoms with Crippen LogP contribution in [0.3, 0.4) is 0 Å². The summed E-state index contributed by atoms with van der Waals surface area (Å²) in [6, 6.07) is 8.01. The number of ether oxygens (including phenoxy) is 2. The van der Waals surface area contributed by atoms with Gasteiger partial charge in [-0.3, -0.25) is 4.79 Å². The summed E-state index contributed by atoms with van der Waals surface area (Å²) in [5.74, 6) is 1.17. The van der Waals surface area contributed by atoms with E-state index in [1.165, 1.54) is 18.3 Å². The molecule has 0 amide bonds. The Bertz CT molecular complexity index is 1160. The normalized spacial score (nSPS) is 17.7. The lowest BCUT2D eigenvalue weighted by molar-refractivity contribution is -0.163. The third-order valence-corrected chi connectivity index (χ3v) is 8.08. The number of halogens is 6. The van der Waals surface area contributed by atoms with Gasteiger partial charge in [0.1, 0.15) is 11.9 Å². The molecule has 0 saturated carbocycles. The van der Waals surface area contributed by atoms with Gasteiger partial charge in [-0.05, 0) is 54.7 Å². The average Bonchev–Trinajstić information content (AvgIpc) is 2.87. The van der Waals surface area contributed by atoms with Crippen LogP contribution in [0.2, 0.25) is 0 Å². The molecule has 4 nitrogen and oxygen atoms in total. The van der Waals surface area contributed by atoms with E-state index in [2.05, 4.69) is 0 Å². The summed E-state index contributed by atoms with van der Waals surface area (Å²) in [6.07, 6.45) is -6.95. The summed E-state index contributed by atoms with van der Waals surface area (Å²) in [5.41, 5.74) is -4.92. The van der Waals surface area contributed by atoms with Gasteiger partial charge in [0.2, 0.25) is 0 Å². The number of rotatable bonds is 7. The molecule has 2 aromatic carbocycles. The number of thioether (sulfide) groups is 1. The molecule has 0 atom stereocenters. The second kappa shape index (κ2) is 12.3. The maximum absolute atomic E-state index is 14.2. The highest BCUT2D eigenvalue weighted by Crippen LogP contribution is 2.48. The quantitative estimate of drug-likeness (QED) is 0.197. The zero-order valence-electron chi connectivity index (χ0n) is 20.1. The second-order valence-electron chi connectivity index (χ2n) is 8.69. The van der Waals surface area contributed by atoms with Gasteiger partial charge in [-0.2, -0.15) is 38.1 Å². The monoisotopic (exact) mass is 577 g/mol. The molecule has 206 valence electrons. The Kier molecular flexibility index (Phi) is 9.25. The molecule has 38 heavy (non-hydrogen) atoms. The van der Waals surface area contributed by atoms with Crippen molar-refractivity contribution in [2.24, 2.45) is 0 Å². The highest BCUT2D eigenvalue weighted by atomic mass is 32.2. The van der Waals surface area contributed by atoms with E-state index < -0.39 is 39.7 Å². The second-order valence-corrected chi connectivity index (χ2v) is 11.0. The first-order valence-electron chi connectivity index (χ1n) is 11.9. The molecule has 12 heteroatoms. The van der Waals surface area contributed by atoms with Gasteiger partial charge in [0, 0.05) is 40.7 Å². The molecule has 2 aromatic rings. The number of alkyl halides is 6. The molecule has 2 heterocycles. The van der Waals surface area contributed by atoms with E-state index in [1.54, 1.807) is 17.0 Å². The van der Waals surface area contributed by atoms with Crippen LogP contribution in [0.15, 0.2) is 58.5 Å². The predicted molar refractivity (Wildman–Crippen MR) is 134 cm³/mol. The van der Waals surface area contributed by atoms with Crippen LogP contribution in [0.5, 0.6) is 5.75 Å². The van der Waals surface area contributed by atoms with Crippen LogP contribution in [-0.4, -0.2) is 54.6 Å². The molecular weight excluding hydrogens is 552 g/mol. The summed E-state index contributed by atoms with van der Waals surface area (Å²) in [4.78, 5) is 14.0. The van der Waals surface area contributed by atoms with Crippen LogP contribution in [0, 0.1) is 0 Å². The zero-order valence-corrected chi connectivity index (χ0v) is 21.7. The minimum Gasteiger partial charge on any atom is -0.490 e. The van der Waals surface area contributed by atoms with Gasteiger partial charge in [-0.25, -0.2) is 0 Å². The summed E-state index contributed by atoms with van der Waals surface area (Å²) in [5, 5.41) is 0. The van der Waals surface area contributed by atoms with Gasteiger partial charge in [0.05, 0.1) is 24.3 Å². The van der Waals surface area contributed by atoms with Crippen molar-refractivity contribution in [1.82, 2.24) is 4.90 Å². The third-order valence-electron chi connectivity index (χ3n) is 5.99. The minimum atomic E-state index is -5.41. The van der Waals surface area contributed by atoms with Crippen molar-refractivity contribution in [3.63, 3.8) is 0 Å². The molecule has 0 spiro atoms. The van der Waals surface area contributed by atoms with Crippen LogP contribution in [0.25, 0.3) is 0 Å². The Balaban J connectivity index is 1.67. The molecule has 0 radical (unpaired) electrons. The predicted octanol–water partition coefficient (Wildman–Crippen LogP) is 7.18. The maximum Gasteiger partial charge on any atom is 0.418 e. The summed E-state index contributed by atoms with van der Waals surface area (Å²) >= 11 is 2.36.